The Morgan fingerprint density at radius 3 is 1.75 bits per heavy atom. The van der Waals surface area contributed by atoms with Gasteiger partial charge in [0.2, 0.25) is 0 Å². The van der Waals surface area contributed by atoms with Crippen molar-refractivity contribution >= 4 is 17.9 Å². The van der Waals surface area contributed by atoms with E-state index in [1.54, 1.807) is 20.8 Å². The summed E-state index contributed by atoms with van der Waals surface area (Å²) in [6.07, 6.45) is 6.36. The van der Waals surface area contributed by atoms with E-state index in [0.29, 0.717) is 18.3 Å². The molecule has 0 amide bonds. The Morgan fingerprint density at radius 2 is 1.43 bits per heavy atom. The minimum absolute atomic E-state index is 0.175. The van der Waals surface area contributed by atoms with E-state index in [0.717, 1.165) is 49.5 Å². The van der Waals surface area contributed by atoms with Crippen LogP contribution in [0.15, 0.2) is 9.92 Å². The molecule has 0 radical (unpaired) electrons. The molecule has 0 heterocycles. The van der Waals surface area contributed by atoms with Crippen LogP contribution in [0.2, 0.25) is 0 Å². The standard InChI is InChI=1S/C16H25NO3S.C4H9NO2/c1-15(2,3)20-14(18)9-16(21-17-19)12-5-10-4-11(7-12)8-13(16)6-10;1-4(2,3)7-5-6/h10-13H,4-9H2,1-3H3;1-3H3. The maximum Gasteiger partial charge on any atom is 0.307 e. The Labute approximate surface area is 172 Å². The molecular formula is C20H34N2O5S. The van der Waals surface area contributed by atoms with Crippen LogP contribution in [-0.2, 0) is 14.4 Å². The fourth-order valence-corrected chi connectivity index (χ4v) is 6.24. The Kier molecular flexibility index (Phi) is 7.16. The molecule has 0 aliphatic heterocycles. The molecule has 4 saturated carbocycles. The van der Waals surface area contributed by atoms with Crippen molar-refractivity contribution in [3.8, 4) is 0 Å². The van der Waals surface area contributed by atoms with Crippen LogP contribution in [0.1, 0.15) is 80.1 Å². The molecule has 0 unspecified atom stereocenters. The average molecular weight is 415 g/mol. The summed E-state index contributed by atoms with van der Waals surface area (Å²) in [5.74, 6) is 2.37. The summed E-state index contributed by atoms with van der Waals surface area (Å²) in [5.41, 5.74) is -0.898. The lowest BCUT2D eigenvalue weighted by Gasteiger charge is -2.59. The Hall–Kier alpha value is -1.18. The molecule has 0 spiro atoms. The Balaban J connectivity index is 0.000000345. The summed E-state index contributed by atoms with van der Waals surface area (Å²) < 4.78 is 8.39. The molecule has 8 heteroatoms. The number of hydrogen-bond acceptors (Lipinski definition) is 8. The van der Waals surface area contributed by atoms with E-state index >= 15 is 0 Å². The fourth-order valence-electron chi connectivity index (χ4n) is 5.24. The van der Waals surface area contributed by atoms with Crippen LogP contribution in [0.5, 0.6) is 0 Å². The van der Waals surface area contributed by atoms with Gasteiger partial charge in [0, 0.05) is 16.5 Å². The van der Waals surface area contributed by atoms with Crippen LogP contribution in [-0.4, -0.2) is 21.9 Å². The van der Waals surface area contributed by atoms with Gasteiger partial charge in [-0.3, -0.25) is 4.79 Å². The molecule has 0 saturated heterocycles. The van der Waals surface area contributed by atoms with Crippen molar-refractivity contribution in [2.45, 2.75) is 96.0 Å². The lowest BCUT2D eigenvalue weighted by molar-refractivity contribution is -0.158. The summed E-state index contributed by atoms with van der Waals surface area (Å²) in [7, 11) is 0. The van der Waals surface area contributed by atoms with Crippen molar-refractivity contribution < 1.29 is 14.4 Å². The Bertz CT molecular complexity index is 554. The van der Waals surface area contributed by atoms with E-state index in [1.165, 1.54) is 6.42 Å². The van der Waals surface area contributed by atoms with Gasteiger partial charge in [0.05, 0.1) is 11.2 Å². The third kappa shape index (κ3) is 5.91. The first-order chi connectivity index (χ1) is 12.9. The lowest BCUT2D eigenvalue weighted by atomic mass is 9.51. The number of esters is 1. The molecule has 4 aliphatic carbocycles. The summed E-state index contributed by atoms with van der Waals surface area (Å²) >= 11 is 1.14. The van der Waals surface area contributed by atoms with E-state index in [9.17, 15) is 14.6 Å². The van der Waals surface area contributed by atoms with E-state index in [2.05, 4.69) is 14.8 Å². The highest BCUT2D eigenvalue weighted by Crippen LogP contribution is 2.64. The van der Waals surface area contributed by atoms with Crippen molar-refractivity contribution in [2.24, 2.45) is 33.6 Å². The van der Waals surface area contributed by atoms with Crippen LogP contribution in [0, 0.1) is 33.5 Å². The summed E-state index contributed by atoms with van der Waals surface area (Å²) in [5, 5.41) is 2.26. The van der Waals surface area contributed by atoms with Crippen molar-refractivity contribution in [3.05, 3.63) is 9.81 Å². The van der Waals surface area contributed by atoms with E-state index in [1.807, 2.05) is 20.8 Å². The quantitative estimate of drug-likeness (QED) is 0.244. The fraction of sp³-hybridized carbons (Fsp3) is 0.950. The molecule has 7 nitrogen and oxygen atoms in total. The van der Waals surface area contributed by atoms with Crippen molar-refractivity contribution in [1.29, 1.82) is 0 Å². The van der Waals surface area contributed by atoms with Crippen molar-refractivity contribution in [3.63, 3.8) is 0 Å². The second kappa shape index (κ2) is 8.67. The van der Waals surface area contributed by atoms with E-state index in [4.69, 9.17) is 4.74 Å². The van der Waals surface area contributed by atoms with Crippen LogP contribution in [0.25, 0.3) is 0 Å². The van der Waals surface area contributed by atoms with Crippen LogP contribution in [0.3, 0.4) is 0 Å². The van der Waals surface area contributed by atoms with E-state index in [-0.39, 0.29) is 10.7 Å². The summed E-state index contributed by atoms with van der Waals surface area (Å²) in [6, 6.07) is 0. The molecule has 0 aromatic carbocycles. The molecule has 4 aliphatic rings. The van der Waals surface area contributed by atoms with Gasteiger partial charge in [0.25, 0.3) is 0 Å². The zero-order chi connectivity index (χ0) is 21.2. The first kappa shape index (κ1) is 23.1. The van der Waals surface area contributed by atoms with Gasteiger partial charge in [-0.25, -0.2) is 0 Å². The van der Waals surface area contributed by atoms with Crippen molar-refractivity contribution in [1.82, 2.24) is 0 Å². The molecule has 0 aromatic heterocycles. The highest BCUT2D eigenvalue weighted by molar-refractivity contribution is 7.99. The number of ether oxygens (including phenoxy) is 1. The zero-order valence-electron chi connectivity index (χ0n) is 17.9. The topological polar surface area (TPSA) is 94.4 Å². The minimum Gasteiger partial charge on any atom is -0.460 e. The number of nitrogens with zero attached hydrogens (tertiary/aromatic N) is 2. The molecule has 0 N–H and O–H groups in total. The molecule has 0 atom stereocenters. The highest BCUT2D eigenvalue weighted by atomic mass is 32.2. The molecule has 4 rings (SSSR count). The molecule has 28 heavy (non-hydrogen) atoms. The summed E-state index contributed by atoms with van der Waals surface area (Å²) in [4.78, 5) is 37.0. The molecule has 4 fully saturated rings. The summed E-state index contributed by atoms with van der Waals surface area (Å²) in [6.45, 7) is 10.9. The number of hydrogen-bond donors (Lipinski definition) is 0. The second-order valence-electron chi connectivity index (χ2n) is 10.5. The largest absolute Gasteiger partial charge is 0.460 e. The molecule has 4 bridgehead atoms. The van der Waals surface area contributed by atoms with Crippen LogP contribution in [0.4, 0.5) is 0 Å². The third-order valence-electron chi connectivity index (χ3n) is 5.88. The first-order valence-corrected chi connectivity index (χ1v) is 10.9. The predicted octanol–water partition coefficient (Wildman–Crippen LogP) is 5.81. The predicted molar refractivity (Wildman–Crippen MR) is 110 cm³/mol. The highest BCUT2D eigenvalue weighted by Gasteiger charge is 2.59. The van der Waals surface area contributed by atoms with Gasteiger partial charge >= 0.3 is 5.97 Å². The zero-order valence-corrected chi connectivity index (χ0v) is 18.7. The van der Waals surface area contributed by atoms with Gasteiger partial charge < -0.3 is 9.57 Å². The van der Waals surface area contributed by atoms with Crippen LogP contribution < -0.4 is 0 Å². The maximum absolute atomic E-state index is 12.4. The van der Waals surface area contributed by atoms with Gasteiger partial charge in [-0.2, -0.15) is 0 Å². The van der Waals surface area contributed by atoms with Crippen molar-refractivity contribution in [2.75, 3.05) is 0 Å². The van der Waals surface area contributed by atoms with Gasteiger partial charge in [-0.15, -0.1) is 9.81 Å². The average Bonchev–Trinajstić information content (AvgIpc) is 2.49. The van der Waals surface area contributed by atoms with Gasteiger partial charge in [-0.05, 0) is 97.3 Å². The smallest absolute Gasteiger partial charge is 0.307 e. The molecular weight excluding hydrogens is 380 g/mol. The number of nitroso groups, excluding NO2 is 1. The lowest BCUT2D eigenvalue weighted by Crippen LogP contribution is -2.56. The van der Waals surface area contributed by atoms with Crippen LogP contribution >= 0.6 is 11.9 Å². The third-order valence-corrected chi connectivity index (χ3v) is 7.10. The molecule has 160 valence electrons. The monoisotopic (exact) mass is 414 g/mol. The number of rotatable bonds is 5. The van der Waals surface area contributed by atoms with Gasteiger partial charge in [0.15, 0.2) is 5.34 Å². The van der Waals surface area contributed by atoms with Gasteiger partial charge in [0.1, 0.15) is 11.2 Å². The minimum atomic E-state index is -0.469. The second-order valence-corrected chi connectivity index (χ2v) is 11.6. The number of carbonyl (C=O) groups excluding carboxylic acids is 1. The SMILES string of the molecule is CC(C)(C)OC(=O)CC1(SN=O)C2CC3CC(C2)CC1C3.CC(C)(C)ON=O. The normalized spacial score (nSPS) is 33.5. The number of carbonyl (C=O) groups is 1. The first-order valence-electron chi connectivity index (χ1n) is 10.1. The maximum atomic E-state index is 12.4. The molecule has 0 aromatic rings. The van der Waals surface area contributed by atoms with E-state index < -0.39 is 11.2 Å². The van der Waals surface area contributed by atoms with Gasteiger partial charge in [-0.1, -0.05) is 0 Å². The Morgan fingerprint density at radius 1 is 0.929 bits per heavy atom.